The van der Waals surface area contributed by atoms with Gasteiger partial charge in [-0.15, -0.1) is 0 Å². The number of hydrogen-bond acceptors (Lipinski definition) is 4. The molecule has 2 rings (SSSR count). The molecular formula is C12H16N2O3. The number of anilines is 1. The standard InChI is InChI=1S/C12H16N2O3/c1-8-3-4-11(13-5-8)14(2)10-7-17-6-9(10)12(15)16/h3-5,9-10H,6-7H2,1-2H3,(H,15,16). The van der Waals surface area contributed by atoms with Crippen molar-refractivity contribution in [3.63, 3.8) is 0 Å². The molecule has 2 atom stereocenters. The van der Waals surface area contributed by atoms with Crippen LogP contribution in [0.2, 0.25) is 0 Å². The molecule has 2 unspecified atom stereocenters. The van der Waals surface area contributed by atoms with Crippen molar-refractivity contribution in [1.29, 1.82) is 0 Å². The minimum atomic E-state index is -0.813. The van der Waals surface area contributed by atoms with Crippen LogP contribution < -0.4 is 4.90 Å². The van der Waals surface area contributed by atoms with Crippen molar-refractivity contribution in [3.8, 4) is 0 Å². The molecule has 0 amide bonds. The van der Waals surface area contributed by atoms with E-state index in [1.165, 1.54) is 0 Å². The van der Waals surface area contributed by atoms with Gasteiger partial charge in [0, 0.05) is 13.2 Å². The van der Waals surface area contributed by atoms with Crippen LogP contribution in [0.15, 0.2) is 18.3 Å². The fraction of sp³-hybridized carbons (Fsp3) is 0.500. The SMILES string of the molecule is Cc1ccc(N(C)C2COCC2C(=O)O)nc1. The molecule has 0 spiro atoms. The number of carboxylic acids is 1. The van der Waals surface area contributed by atoms with Crippen LogP contribution in [0.5, 0.6) is 0 Å². The topological polar surface area (TPSA) is 62.7 Å². The number of ether oxygens (including phenoxy) is 1. The van der Waals surface area contributed by atoms with Gasteiger partial charge in [-0.2, -0.15) is 0 Å². The van der Waals surface area contributed by atoms with Gasteiger partial charge in [-0.05, 0) is 18.6 Å². The number of carbonyl (C=O) groups is 1. The third-order valence-electron chi connectivity index (χ3n) is 3.12. The molecule has 2 heterocycles. The minimum Gasteiger partial charge on any atom is -0.481 e. The van der Waals surface area contributed by atoms with Gasteiger partial charge in [0.1, 0.15) is 11.7 Å². The summed E-state index contributed by atoms with van der Waals surface area (Å²) in [5, 5.41) is 9.10. The van der Waals surface area contributed by atoms with Crippen molar-refractivity contribution in [1.82, 2.24) is 4.98 Å². The van der Waals surface area contributed by atoms with Gasteiger partial charge in [0.2, 0.25) is 0 Å². The van der Waals surface area contributed by atoms with E-state index >= 15 is 0 Å². The predicted octanol–water partition coefficient (Wildman–Crippen LogP) is 0.926. The second-order valence-electron chi connectivity index (χ2n) is 4.35. The van der Waals surface area contributed by atoms with Crippen molar-refractivity contribution >= 4 is 11.8 Å². The zero-order valence-electron chi connectivity index (χ0n) is 9.96. The van der Waals surface area contributed by atoms with Crippen LogP contribution in [0.3, 0.4) is 0 Å². The van der Waals surface area contributed by atoms with Gasteiger partial charge in [0.05, 0.1) is 19.3 Å². The van der Waals surface area contributed by atoms with E-state index in [0.29, 0.717) is 6.61 Å². The number of aromatic nitrogens is 1. The van der Waals surface area contributed by atoms with Crippen LogP contribution in [-0.4, -0.2) is 42.4 Å². The first-order valence-corrected chi connectivity index (χ1v) is 5.55. The Labute approximate surface area is 100 Å². The average Bonchev–Trinajstić information content (AvgIpc) is 2.78. The fourth-order valence-corrected chi connectivity index (χ4v) is 2.00. The van der Waals surface area contributed by atoms with E-state index in [1.807, 2.05) is 31.0 Å². The maximum Gasteiger partial charge on any atom is 0.311 e. The first-order chi connectivity index (χ1) is 8.09. The maximum absolute atomic E-state index is 11.1. The lowest BCUT2D eigenvalue weighted by Crippen LogP contribution is -2.41. The lowest BCUT2D eigenvalue weighted by molar-refractivity contribution is -0.141. The predicted molar refractivity (Wildman–Crippen MR) is 63.1 cm³/mol. The van der Waals surface area contributed by atoms with E-state index in [0.717, 1.165) is 11.4 Å². The van der Waals surface area contributed by atoms with Gasteiger partial charge in [0.15, 0.2) is 0 Å². The molecule has 92 valence electrons. The van der Waals surface area contributed by atoms with E-state index in [4.69, 9.17) is 9.84 Å². The molecule has 1 aliphatic rings. The Morgan fingerprint density at radius 2 is 2.29 bits per heavy atom. The maximum atomic E-state index is 11.1. The lowest BCUT2D eigenvalue weighted by Gasteiger charge is -2.27. The quantitative estimate of drug-likeness (QED) is 0.845. The largest absolute Gasteiger partial charge is 0.481 e. The summed E-state index contributed by atoms with van der Waals surface area (Å²) in [6, 6.07) is 3.71. The third kappa shape index (κ3) is 2.39. The summed E-state index contributed by atoms with van der Waals surface area (Å²) in [6.45, 7) is 2.68. The molecule has 1 aliphatic heterocycles. The Morgan fingerprint density at radius 3 is 2.88 bits per heavy atom. The van der Waals surface area contributed by atoms with Crippen molar-refractivity contribution < 1.29 is 14.6 Å². The number of rotatable bonds is 3. The lowest BCUT2D eigenvalue weighted by atomic mass is 10.0. The Bertz CT molecular complexity index is 405. The summed E-state index contributed by atoms with van der Waals surface area (Å²) in [7, 11) is 1.85. The molecule has 1 saturated heterocycles. The molecule has 1 aromatic rings. The molecule has 5 nitrogen and oxygen atoms in total. The molecule has 0 aromatic carbocycles. The van der Waals surface area contributed by atoms with Crippen LogP contribution in [0.25, 0.3) is 0 Å². The smallest absolute Gasteiger partial charge is 0.311 e. The first kappa shape index (κ1) is 11.9. The number of aliphatic carboxylic acids is 1. The monoisotopic (exact) mass is 236 g/mol. The molecular weight excluding hydrogens is 220 g/mol. The molecule has 0 saturated carbocycles. The molecule has 1 fully saturated rings. The van der Waals surface area contributed by atoms with E-state index in [9.17, 15) is 4.79 Å². The van der Waals surface area contributed by atoms with Crippen molar-refractivity contribution in [2.75, 3.05) is 25.2 Å². The van der Waals surface area contributed by atoms with Crippen LogP contribution >= 0.6 is 0 Å². The highest BCUT2D eigenvalue weighted by Gasteiger charge is 2.37. The van der Waals surface area contributed by atoms with Crippen LogP contribution in [-0.2, 0) is 9.53 Å². The van der Waals surface area contributed by atoms with Gasteiger partial charge in [-0.3, -0.25) is 4.79 Å². The number of carboxylic acid groups (broad SMARTS) is 1. The summed E-state index contributed by atoms with van der Waals surface area (Å²) in [4.78, 5) is 17.2. The van der Waals surface area contributed by atoms with Crippen molar-refractivity contribution in [2.24, 2.45) is 5.92 Å². The second kappa shape index (κ2) is 4.71. The van der Waals surface area contributed by atoms with E-state index in [2.05, 4.69) is 4.98 Å². The summed E-state index contributed by atoms with van der Waals surface area (Å²) >= 11 is 0. The molecule has 1 aromatic heterocycles. The van der Waals surface area contributed by atoms with Crippen LogP contribution in [0, 0.1) is 12.8 Å². The van der Waals surface area contributed by atoms with Crippen molar-refractivity contribution in [3.05, 3.63) is 23.9 Å². The van der Waals surface area contributed by atoms with Gasteiger partial charge in [-0.25, -0.2) is 4.98 Å². The summed E-state index contributed by atoms with van der Waals surface area (Å²) < 4.78 is 5.25. The van der Waals surface area contributed by atoms with Crippen molar-refractivity contribution in [2.45, 2.75) is 13.0 Å². The summed E-state index contributed by atoms with van der Waals surface area (Å²) in [5.41, 5.74) is 1.08. The van der Waals surface area contributed by atoms with Gasteiger partial charge in [0.25, 0.3) is 0 Å². The molecule has 0 radical (unpaired) electrons. The van der Waals surface area contributed by atoms with E-state index in [-0.39, 0.29) is 12.6 Å². The number of nitrogens with zero attached hydrogens (tertiary/aromatic N) is 2. The Morgan fingerprint density at radius 1 is 1.53 bits per heavy atom. The summed E-state index contributed by atoms with van der Waals surface area (Å²) in [6.07, 6.45) is 1.78. The Hall–Kier alpha value is -1.62. The van der Waals surface area contributed by atoms with Gasteiger partial charge in [-0.1, -0.05) is 6.07 Å². The first-order valence-electron chi connectivity index (χ1n) is 5.55. The summed E-state index contributed by atoms with van der Waals surface area (Å²) in [5.74, 6) is -0.521. The highest BCUT2D eigenvalue weighted by molar-refractivity contribution is 5.72. The van der Waals surface area contributed by atoms with Gasteiger partial charge < -0.3 is 14.7 Å². The van der Waals surface area contributed by atoms with Crippen LogP contribution in [0.1, 0.15) is 5.56 Å². The Balaban J connectivity index is 2.16. The van der Waals surface area contributed by atoms with E-state index in [1.54, 1.807) is 6.20 Å². The highest BCUT2D eigenvalue weighted by Crippen LogP contribution is 2.23. The molecule has 0 aliphatic carbocycles. The number of aryl methyl sites for hydroxylation is 1. The molecule has 17 heavy (non-hydrogen) atoms. The van der Waals surface area contributed by atoms with Crippen LogP contribution in [0.4, 0.5) is 5.82 Å². The van der Waals surface area contributed by atoms with Gasteiger partial charge >= 0.3 is 5.97 Å². The minimum absolute atomic E-state index is 0.150. The zero-order chi connectivity index (χ0) is 12.4. The Kier molecular flexibility index (Phi) is 3.28. The zero-order valence-corrected chi connectivity index (χ0v) is 9.96. The number of likely N-dealkylation sites (N-methyl/N-ethyl adjacent to an activating group) is 1. The number of hydrogen-bond donors (Lipinski definition) is 1. The number of pyridine rings is 1. The molecule has 1 N–H and O–H groups in total. The average molecular weight is 236 g/mol. The fourth-order valence-electron chi connectivity index (χ4n) is 2.00. The normalized spacial score (nSPS) is 23.6. The second-order valence-corrected chi connectivity index (χ2v) is 4.35. The molecule has 0 bridgehead atoms. The molecule has 5 heteroatoms. The van der Waals surface area contributed by atoms with E-state index < -0.39 is 11.9 Å². The highest BCUT2D eigenvalue weighted by atomic mass is 16.5. The third-order valence-corrected chi connectivity index (χ3v) is 3.12.